The summed E-state index contributed by atoms with van der Waals surface area (Å²) in [6.45, 7) is 13.9. The fourth-order valence-electron chi connectivity index (χ4n) is 3.64. The molecule has 0 rings (SSSR count). The molecule has 0 aromatic carbocycles. The first-order valence-electron chi connectivity index (χ1n) is 7.43. The maximum absolute atomic E-state index is 6.00. The van der Waals surface area contributed by atoms with Crippen LogP contribution in [-0.2, 0) is 8.85 Å². The van der Waals surface area contributed by atoms with Crippen molar-refractivity contribution in [3.63, 3.8) is 0 Å². The van der Waals surface area contributed by atoms with E-state index in [0.29, 0.717) is 11.8 Å². The van der Waals surface area contributed by atoms with Crippen LogP contribution in [0.15, 0.2) is 0 Å². The third-order valence-electron chi connectivity index (χ3n) is 4.67. The zero-order valence-electron chi connectivity index (χ0n) is 13.8. The van der Waals surface area contributed by atoms with Crippen molar-refractivity contribution in [1.82, 2.24) is 0 Å². The van der Waals surface area contributed by atoms with Gasteiger partial charge in [-0.05, 0) is 17.9 Å². The van der Waals surface area contributed by atoms with Crippen molar-refractivity contribution in [2.24, 2.45) is 11.8 Å². The molecule has 0 radical (unpaired) electrons. The topological polar surface area (TPSA) is 18.5 Å². The second kappa shape index (κ2) is 7.66. The van der Waals surface area contributed by atoms with Gasteiger partial charge in [-0.1, -0.05) is 60.8 Å². The van der Waals surface area contributed by atoms with Crippen LogP contribution in [0.1, 0.15) is 60.8 Å². The first kappa shape index (κ1) is 18.1. The van der Waals surface area contributed by atoms with Gasteiger partial charge in [-0.25, -0.2) is 0 Å². The Morgan fingerprint density at radius 2 is 1.56 bits per heavy atom. The lowest BCUT2D eigenvalue weighted by Gasteiger charge is -2.47. The van der Waals surface area contributed by atoms with E-state index in [0.717, 1.165) is 6.04 Å². The Hall–Kier alpha value is 0.137. The molecule has 1 unspecified atom stereocenters. The first-order chi connectivity index (χ1) is 8.32. The molecule has 110 valence electrons. The molecule has 0 aliphatic heterocycles. The summed E-state index contributed by atoms with van der Waals surface area (Å²) in [6, 6.07) is 1.10. The average molecular weight is 275 g/mol. The van der Waals surface area contributed by atoms with Crippen LogP contribution in [0.2, 0.25) is 11.1 Å². The number of unbranched alkanes of at least 4 members (excludes halogenated alkanes) is 1. The minimum Gasteiger partial charge on any atom is -0.397 e. The Bertz CT molecular complexity index is 223. The molecule has 0 aromatic heterocycles. The average Bonchev–Trinajstić information content (AvgIpc) is 2.30. The van der Waals surface area contributed by atoms with Crippen molar-refractivity contribution in [2.45, 2.75) is 71.9 Å². The zero-order valence-corrected chi connectivity index (χ0v) is 14.8. The van der Waals surface area contributed by atoms with E-state index in [-0.39, 0.29) is 5.04 Å². The fraction of sp³-hybridized carbons (Fsp3) is 1.00. The van der Waals surface area contributed by atoms with E-state index >= 15 is 0 Å². The van der Waals surface area contributed by atoms with Crippen LogP contribution in [0, 0.1) is 11.8 Å². The summed E-state index contributed by atoms with van der Waals surface area (Å²) in [5, 5.41) is 0.147. The minimum atomic E-state index is -2.14. The Balaban J connectivity index is 5.28. The minimum absolute atomic E-state index is 0.147. The molecular weight excluding hydrogens is 240 g/mol. The summed E-state index contributed by atoms with van der Waals surface area (Å²) in [7, 11) is 1.56. The predicted octanol–water partition coefficient (Wildman–Crippen LogP) is 4.98. The van der Waals surface area contributed by atoms with Gasteiger partial charge >= 0.3 is 8.56 Å². The third kappa shape index (κ3) is 3.58. The van der Waals surface area contributed by atoms with Crippen LogP contribution in [0.3, 0.4) is 0 Å². The Morgan fingerprint density at radius 1 is 1.06 bits per heavy atom. The summed E-state index contributed by atoms with van der Waals surface area (Å²) in [5.74, 6) is 1.32. The monoisotopic (exact) mass is 274 g/mol. The van der Waals surface area contributed by atoms with Gasteiger partial charge in [0.2, 0.25) is 0 Å². The van der Waals surface area contributed by atoms with Crippen molar-refractivity contribution in [3.8, 4) is 0 Å². The summed E-state index contributed by atoms with van der Waals surface area (Å²) in [5.41, 5.74) is 0. The maximum Gasteiger partial charge on any atom is 0.343 e. The molecule has 0 aliphatic carbocycles. The van der Waals surface area contributed by atoms with E-state index < -0.39 is 8.56 Å². The highest BCUT2D eigenvalue weighted by atomic mass is 28.4. The van der Waals surface area contributed by atoms with Gasteiger partial charge < -0.3 is 8.85 Å². The molecule has 0 bridgehead atoms. The molecule has 0 saturated carbocycles. The van der Waals surface area contributed by atoms with E-state index in [4.69, 9.17) is 8.85 Å². The van der Waals surface area contributed by atoms with Crippen molar-refractivity contribution >= 4 is 8.56 Å². The second-order valence-corrected chi connectivity index (χ2v) is 10.4. The molecule has 0 fully saturated rings. The summed E-state index contributed by atoms with van der Waals surface area (Å²) >= 11 is 0. The van der Waals surface area contributed by atoms with E-state index in [1.165, 1.54) is 19.3 Å². The van der Waals surface area contributed by atoms with E-state index in [2.05, 4.69) is 41.5 Å². The van der Waals surface area contributed by atoms with Gasteiger partial charge in [-0.2, -0.15) is 0 Å². The predicted molar refractivity (Wildman–Crippen MR) is 82.1 cm³/mol. The lowest BCUT2D eigenvalue weighted by Crippen LogP contribution is -2.53. The zero-order chi connectivity index (χ0) is 14.4. The Morgan fingerprint density at radius 3 is 1.83 bits per heavy atom. The molecule has 2 nitrogen and oxygen atoms in total. The van der Waals surface area contributed by atoms with Gasteiger partial charge in [-0.15, -0.1) is 0 Å². The number of hydrogen-bond acceptors (Lipinski definition) is 2. The van der Waals surface area contributed by atoms with Crippen LogP contribution in [-0.4, -0.2) is 22.8 Å². The third-order valence-corrected chi connectivity index (χ3v) is 9.34. The van der Waals surface area contributed by atoms with Crippen LogP contribution in [0.5, 0.6) is 0 Å². The van der Waals surface area contributed by atoms with Crippen LogP contribution in [0.4, 0.5) is 0 Å². The number of hydrogen-bond donors (Lipinski definition) is 0. The van der Waals surface area contributed by atoms with Gasteiger partial charge in [0.1, 0.15) is 0 Å². The molecule has 18 heavy (non-hydrogen) atoms. The van der Waals surface area contributed by atoms with Gasteiger partial charge in [0.25, 0.3) is 0 Å². The van der Waals surface area contributed by atoms with E-state index in [9.17, 15) is 0 Å². The fourth-order valence-corrected chi connectivity index (χ4v) is 7.84. The number of rotatable bonds is 9. The van der Waals surface area contributed by atoms with E-state index in [1.54, 1.807) is 0 Å². The molecule has 0 N–H and O–H groups in total. The van der Waals surface area contributed by atoms with E-state index in [1.807, 2.05) is 14.2 Å². The highest BCUT2D eigenvalue weighted by molar-refractivity contribution is 6.70. The lowest BCUT2D eigenvalue weighted by molar-refractivity contribution is 0.161. The molecule has 0 amide bonds. The Kier molecular flexibility index (Phi) is 7.72. The van der Waals surface area contributed by atoms with Crippen LogP contribution >= 0.6 is 0 Å². The molecular formula is C15H34O2Si. The van der Waals surface area contributed by atoms with Crippen LogP contribution in [0.25, 0.3) is 0 Å². The van der Waals surface area contributed by atoms with Gasteiger partial charge in [0.05, 0.1) is 0 Å². The lowest BCUT2D eigenvalue weighted by atomic mass is 9.83. The van der Waals surface area contributed by atoms with Crippen molar-refractivity contribution in [2.75, 3.05) is 14.2 Å². The largest absolute Gasteiger partial charge is 0.397 e. The van der Waals surface area contributed by atoms with Crippen molar-refractivity contribution in [1.29, 1.82) is 0 Å². The smallest absolute Gasteiger partial charge is 0.343 e. The standard InChI is InChI=1S/C15H34O2Si/c1-9-11-12-18(16-7,17-8)15(5,6)14(10-2)13(3)4/h13-14H,9-12H2,1-8H3. The molecule has 0 aromatic rings. The Labute approximate surface area is 116 Å². The van der Waals surface area contributed by atoms with Crippen LogP contribution < -0.4 is 0 Å². The molecule has 3 heteroatoms. The highest BCUT2D eigenvalue weighted by Gasteiger charge is 2.54. The van der Waals surface area contributed by atoms with Gasteiger partial charge in [0.15, 0.2) is 0 Å². The quantitative estimate of drug-likeness (QED) is 0.552. The second-order valence-electron chi connectivity index (χ2n) is 6.25. The van der Waals surface area contributed by atoms with Gasteiger partial charge in [0, 0.05) is 19.3 Å². The van der Waals surface area contributed by atoms with Crippen molar-refractivity contribution < 1.29 is 8.85 Å². The maximum atomic E-state index is 6.00. The molecule has 1 atom stereocenters. The molecule has 0 aliphatic rings. The van der Waals surface area contributed by atoms with Crippen molar-refractivity contribution in [3.05, 3.63) is 0 Å². The molecule has 0 heterocycles. The summed E-state index contributed by atoms with van der Waals surface area (Å²) in [4.78, 5) is 0. The normalized spacial score (nSPS) is 15.2. The SMILES string of the molecule is CCCC[Si](OC)(OC)C(C)(C)C(CC)C(C)C. The summed E-state index contributed by atoms with van der Waals surface area (Å²) in [6.07, 6.45) is 3.60. The summed E-state index contributed by atoms with van der Waals surface area (Å²) < 4.78 is 12.0. The molecule has 0 spiro atoms. The molecule has 0 saturated heterocycles. The highest BCUT2D eigenvalue weighted by Crippen LogP contribution is 2.51. The first-order valence-corrected chi connectivity index (χ1v) is 9.45. The van der Waals surface area contributed by atoms with Gasteiger partial charge in [-0.3, -0.25) is 0 Å².